The predicted molar refractivity (Wildman–Crippen MR) is 175 cm³/mol. The summed E-state index contributed by atoms with van der Waals surface area (Å²) in [6.45, 7) is 3.77. The molecule has 0 radical (unpaired) electrons. The highest BCUT2D eigenvalue weighted by Gasteiger charge is 2.15. The van der Waals surface area contributed by atoms with Gasteiger partial charge in [-0.15, -0.1) is 0 Å². The highest BCUT2D eigenvalue weighted by Crippen LogP contribution is 2.20. The van der Waals surface area contributed by atoms with E-state index in [2.05, 4.69) is 20.6 Å². The number of nitrogens with two attached hydrogens (primary N) is 1. The van der Waals surface area contributed by atoms with Gasteiger partial charge in [0.15, 0.2) is 0 Å². The van der Waals surface area contributed by atoms with Gasteiger partial charge in [0.25, 0.3) is 11.7 Å². The van der Waals surface area contributed by atoms with Crippen molar-refractivity contribution in [2.24, 2.45) is 5.73 Å². The molecule has 1 heterocycles. The van der Waals surface area contributed by atoms with E-state index in [0.717, 1.165) is 42.7 Å². The first-order chi connectivity index (χ1) is 22.2. The van der Waals surface area contributed by atoms with Crippen molar-refractivity contribution in [2.75, 3.05) is 51.9 Å². The smallest absolute Gasteiger partial charge is 0.329 e. The van der Waals surface area contributed by atoms with Crippen LogP contribution in [-0.4, -0.2) is 89.8 Å². The molecule has 0 aliphatic carbocycles. The number of carbonyl (C=O) groups is 2. The Morgan fingerprint density at radius 1 is 1.00 bits per heavy atom. The van der Waals surface area contributed by atoms with Gasteiger partial charge in [0, 0.05) is 24.1 Å². The Labute approximate surface area is 269 Å². The Balaban J connectivity index is 1.39. The molecule has 13 heteroatoms. The summed E-state index contributed by atoms with van der Waals surface area (Å²) in [5, 5.41) is 23.1. The number of nitrogens with zero attached hydrogens (tertiary/aromatic N) is 3. The minimum Gasteiger partial charge on any atom is -0.494 e. The van der Waals surface area contributed by atoms with Crippen molar-refractivity contribution in [2.45, 2.75) is 38.6 Å². The van der Waals surface area contributed by atoms with E-state index in [9.17, 15) is 9.59 Å². The monoisotopic (exact) mass is 634 g/mol. The lowest BCUT2D eigenvalue weighted by Crippen LogP contribution is -2.36. The summed E-state index contributed by atoms with van der Waals surface area (Å²) < 4.78 is 17.8. The van der Waals surface area contributed by atoms with Gasteiger partial charge in [-0.1, -0.05) is 24.6 Å². The number of carboxylic acid groups (broad SMARTS) is 1. The maximum absolute atomic E-state index is 13.1. The first-order valence-electron chi connectivity index (χ1n) is 15.2. The summed E-state index contributed by atoms with van der Waals surface area (Å²) in [5.41, 5.74) is 8.83. The normalized spacial score (nSPS) is 12.1. The second kappa shape index (κ2) is 19.5. The van der Waals surface area contributed by atoms with Crippen LogP contribution in [0.15, 0.2) is 67.1 Å². The van der Waals surface area contributed by atoms with E-state index in [1.165, 1.54) is 10.9 Å². The number of unbranched alkanes of at least 4 members (excludes halogenated alkanes) is 3. The molecule has 46 heavy (non-hydrogen) atoms. The zero-order valence-electron chi connectivity index (χ0n) is 26.4. The van der Waals surface area contributed by atoms with Crippen LogP contribution in [0.1, 0.15) is 60.3 Å². The SMILES string of the molecule is C[C@@H](NC(=O)c1cccc(NCC(N)=[N+](C)C(=N)c2ccncn2)c1)c1cccc(OCCCCCCOCCOCC(=O)O)c1. The van der Waals surface area contributed by atoms with E-state index in [0.29, 0.717) is 36.9 Å². The third-order valence-corrected chi connectivity index (χ3v) is 6.94. The molecule has 0 aliphatic heterocycles. The lowest BCUT2D eigenvalue weighted by molar-refractivity contribution is -0.373. The predicted octanol–water partition coefficient (Wildman–Crippen LogP) is 3.46. The number of ether oxygens (including phenoxy) is 3. The third-order valence-electron chi connectivity index (χ3n) is 6.94. The molecule has 0 unspecified atom stereocenters. The molecule has 1 amide bonds. The minimum absolute atomic E-state index is 0.149. The number of amides is 1. The van der Waals surface area contributed by atoms with E-state index >= 15 is 0 Å². The third kappa shape index (κ3) is 12.6. The number of carboxylic acids is 1. The number of aromatic nitrogens is 2. The summed E-state index contributed by atoms with van der Waals surface area (Å²) >= 11 is 0. The van der Waals surface area contributed by atoms with Gasteiger partial charge >= 0.3 is 5.97 Å². The number of carbonyl (C=O) groups excluding carboxylic acids is 1. The molecule has 0 aliphatic rings. The molecule has 3 aromatic rings. The van der Waals surface area contributed by atoms with Crippen molar-refractivity contribution in [3.8, 4) is 5.75 Å². The van der Waals surface area contributed by atoms with Crippen LogP contribution in [0.5, 0.6) is 5.75 Å². The van der Waals surface area contributed by atoms with Gasteiger partial charge in [0.05, 0.1) is 32.9 Å². The quantitative estimate of drug-likeness (QED) is 0.0534. The van der Waals surface area contributed by atoms with E-state index in [1.54, 1.807) is 37.5 Å². The summed E-state index contributed by atoms with van der Waals surface area (Å²) in [5.74, 6) is 0.123. The zero-order valence-corrected chi connectivity index (χ0v) is 26.4. The number of anilines is 1. The van der Waals surface area contributed by atoms with Gasteiger partial charge in [0.2, 0.25) is 5.84 Å². The highest BCUT2D eigenvalue weighted by atomic mass is 16.5. The van der Waals surface area contributed by atoms with E-state index in [4.69, 9.17) is 30.5 Å². The standard InChI is InChI=1S/C33H43N7O6/c1-24(25-9-8-12-28(20-25)46-16-6-4-3-5-15-44-17-18-45-22-31(41)42)39-33(43)26-10-7-11-27(19-26)37-21-30(34)40(2)32(35)29-13-14-36-23-38-29/h7-14,19-20,23-24,34-35,37H,3-6,15-18,21-22H2,1-2H3,(H2,39,41,42,43)/p+1/t24-/m1/s1. The van der Waals surface area contributed by atoms with Gasteiger partial charge in [-0.3, -0.25) is 4.79 Å². The Bertz CT molecular complexity index is 1450. The van der Waals surface area contributed by atoms with Crippen molar-refractivity contribution >= 4 is 29.2 Å². The Morgan fingerprint density at radius 2 is 1.76 bits per heavy atom. The second-order valence-corrected chi connectivity index (χ2v) is 10.5. The van der Waals surface area contributed by atoms with Crippen molar-refractivity contribution in [3.63, 3.8) is 0 Å². The lowest BCUT2D eigenvalue weighted by Gasteiger charge is -2.16. The second-order valence-electron chi connectivity index (χ2n) is 10.5. The molecule has 3 rings (SSSR count). The van der Waals surface area contributed by atoms with Gasteiger partial charge in [-0.2, -0.15) is 5.41 Å². The van der Waals surface area contributed by atoms with E-state index < -0.39 is 5.97 Å². The fourth-order valence-electron chi connectivity index (χ4n) is 4.29. The van der Waals surface area contributed by atoms with Crippen LogP contribution in [0.4, 0.5) is 5.69 Å². The number of benzene rings is 2. The topological polar surface area (TPSA) is 185 Å². The molecule has 1 atom stereocenters. The van der Waals surface area contributed by atoms with Crippen LogP contribution in [0.25, 0.3) is 0 Å². The number of amidine groups is 2. The van der Waals surface area contributed by atoms with Crippen molar-refractivity contribution in [1.29, 1.82) is 5.41 Å². The summed E-state index contributed by atoms with van der Waals surface area (Å²) in [6.07, 6.45) is 6.80. The Morgan fingerprint density at radius 3 is 2.52 bits per heavy atom. The number of hydrogen-bond donors (Lipinski definition) is 5. The molecule has 0 bridgehead atoms. The van der Waals surface area contributed by atoms with Crippen molar-refractivity contribution in [1.82, 2.24) is 15.3 Å². The molecule has 2 aromatic carbocycles. The molecular weight excluding hydrogens is 590 g/mol. The van der Waals surface area contributed by atoms with Crippen LogP contribution in [-0.2, 0) is 14.3 Å². The molecule has 6 N–H and O–H groups in total. The average Bonchev–Trinajstić information content (AvgIpc) is 3.07. The van der Waals surface area contributed by atoms with Crippen molar-refractivity contribution in [3.05, 3.63) is 83.9 Å². The van der Waals surface area contributed by atoms with Gasteiger partial charge in [-0.25, -0.2) is 19.3 Å². The summed E-state index contributed by atoms with van der Waals surface area (Å²) in [6, 6.07) is 16.3. The zero-order chi connectivity index (χ0) is 33.1. The minimum atomic E-state index is -0.983. The van der Waals surface area contributed by atoms with Crippen molar-refractivity contribution < 1.29 is 33.5 Å². The largest absolute Gasteiger partial charge is 0.494 e. The average molecular weight is 635 g/mol. The summed E-state index contributed by atoms with van der Waals surface area (Å²) in [4.78, 5) is 31.4. The van der Waals surface area contributed by atoms with Gasteiger partial charge < -0.3 is 35.7 Å². The molecule has 1 aromatic heterocycles. The van der Waals surface area contributed by atoms with Crippen LogP contribution in [0, 0.1) is 5.41 Å². The maximum atomic E-state index is 13.1. The van der Waals surface area contributed by atoms with E-state index in [-0.39, 0.29) is 37.5 Å². The molecule has 13 nitrogen and oxygen atoms in total. The molecule has 0 fully saturated rings. The number of rotatable bonds is 20. The first kappa shape index (κ1) is 35.6. The van der Waals surface area contributed by atoms with Crippen LogP contribution < -0.4 is 21.1 Å². The number of aliphatic carboxylic acids is 1. The van der Waals surface area contributed by atoms with Crippen LogP contribution in [0.3, 0.4) is 0 Å². The fourth-order valence-corrected chi connectivity index (χ4v) is 4.29. The maximum Gasteiger partial charge on any atom is 0.329 e. The molecule has 0 saturated heterocycles. The molecule has 246 valence electrons. The molecule has 0 saturated carbocycles. The lowest BCUT2D eigenvalue weighted by atomic mass is 10.1. The van der Waals surface area contributed by atoms with E-state index in [1.807, 2.05) is 37.3 Å². The molecule has 0 spiro atoms. The highest BCUT2D eigenvalue weighted by molar-refractivity contribution is 5.96. The number of hydrogen-bond acceptors (Lipinski definition) is 9. The Hall–Kier alpha value is -4.88. The van der Waals surface area contributed by atoms with Crippen LogP contribution in [0.2, 0.25) is 0 Å². The van der Waals surface area contributed by atoms with Crippen LogP contribution >= 0.6 is 0 Å². The fraction of sp³-hybridized carbons (Fsp3) is 0.394. The first-order valence-corrected chi connectivity index (χ1v) is 15.2. The van der Waals surface area contributed by atoms with Gasteiger partial charge in [0.1, 0.15) is 30.9 Å². The van der Waals surface area contributed by atoms with Gasteiger partial charge in [-0.05, 0) is 68.1 Å². The number of nitrogens with one attached hydrogen (secondary N) is 3. The summed E-state index contributed by atoms with van der Waals surface area (Å²) in [7, 11) is 1.69. The Kier molecular flexibility index (Phi) is 15.1. The molecular formula is C33H44N7O6+.